The standard InChI is InChI=1S/C23H27NO3/c1-13(2)24-19-10-8-7-9-18(19)23(27,22(24)26)12-20(25)21-16(5)14(3)11-15(4)17(21)6/h7-11,13,27H,12H2,1-6H3. The quantitative estimate of drug-likeness (QED) is 0.829. The number of aryl methyl sites for hydroxylation is 2. The maximum absolute atomic E-state index is 13.3. The summed E-state index contributed by atoms with van der Waals surface area (Å²) in [4.78, 5) is 28.0. The number of ketones is 1. The van der Waals surface area contributed by atoms with E-state index < -0.39 is 11.5 Å². The fraction of sp³-hybridized carbons (Fsp3) is 0.391. The van der Waals surface area contributed by atoms with Gasteiger partial charge in [-0.3, -0.25) is 9.59 Å². The lowest BCUT2D eigenvalue weighted by atomic mass is 9.84. The summed E-state index contributed by atoms with van der Waals surface area (Å²) in [7, 11) is 0. The molecule has 4 nitrogen and oxygen atoms in total. The van der Waals surface area contributed by atoms with Gasteiger partial charge in [0.1, 0.15) is 0 Å². The van der Waals surface area contributed by atoms with Crippen LogP contribution in [0.5, 0.6) is 0 Å². The summed E-state index contributed by atoms with van der Waals surface area (Å²) in [6.45, 7) is 11.6. The average molecular weight is 365 g/mol. The van der Waals surface area contributed by atoms with E-state index in [0.717, 1.165) is 22.3 Å². The molecular weight excluding hydrogens is 338 g/mol. The maximum atomic E-state index is 13.3. The van der Waals surface area contributed by atoms with Crippen LogP contribution in [0, 0.1) is 27.7 Å². The molecule has 2 aromatic rings. The molecule has 1 aliphatic rings. The number of amides is 1. The molecule has 0 aliphatic carbocycles. The lowest BCUT2D eigenvalue weighted by Gasteiger charge is -2.26. The molecule has 2 aromatic carbocycles. The van der Waals surface area contributed by atoms with E-state index in [-0.39, 0.29) is 18.2 Å². The van der Waals surface area contributed by atoms with Gasteiger partial charge in [0.15, 0.2) is 11.4 Å². The normalized spacial score (nSPS) is 19.0. The molecule has 1 heterocycles. The fourth-order valence-electron chi connectivity index (χ4n) is 4.10. The number of carbonyl (C=O) groups excluding carboxylic acids is 2. The molecule has 1 amide bonds. The number of anilines is 1. The maximum Gasteiger partial charge on any atom is 0.264 e. The Morgan fingerprint density at radius 1 is 1.07 bits per heavy atom. The summed E-state index contributed by atoms with van der Waals surface area (Å²) < 4.78 is 0. The molecule has 142 valence electrons. The third-order valence-corrected chi connectivity index (χ3v) is 5.76. The lowest BCUT2D eigenvalue weighted by molar-refractivity contribution is -0.136. The van der Waals surface area contributed by atoms with Gasteiger partial charge in [-0.2, -0.15) is 0 Å². The Morgan fingerprint density at radius 2 is 1.63 bits per heavy atom. The molecule has 1 atom stereocenters. The molecule has 0 spiro atoms. The van der Waals surface area contributed by atoms with Crippen LogP contribution in [-0.4, -0.2) is 22.8 Å². The van der Waals surface area contributed by atoms with E-state index in [4.69, 9.17) is 0 Å². The number of hydrogen-bond donors (Lipinski definition) is 1. The molecule has 0 fully saturated rings. The third kappa shape index (κ3) is 2.88. The van der Waals surface area contributed by atoms with Crippen molar-refractivity contribution in [2.75, 3.05) is 4.90 Å². The summed E-state index contributed by atoms with van der Waals surface area (Å²) in [6, 6.07) is 9.15. The molecule has 1 unspecified atom stereocenters. The summed E-state index contributed by atoms with van der Waals surface area (Å²) in [6.07, 6.45) is -0.253. The number of rotatable bonds is 4. The average Bonchev–Trinajstić information content (AvgIpc) is 2.81. The molecular formula is C23H27NO3. The summed E-state index contributed by atoms with van der Waals surface area (Å²) in [5.74, 6) is -0.625. The third-order valence-electron chi connectivity index (χ3n) is 5.76. The SMILES string of the molecule is Cc1cc(C)c(C)c(C(=O)CC2(O)C(=O)N(C(C)C)c3ccccc32)c1C. The monoisotopic (exact) mass is 365 g/mol. The largest absolute Gasteiger partial charge is 0.375 e. The number of hydrogen-bond acceptors (Lipinski definition) is 3. The van der Waals surface area contributed by atoms with Crippen molar-refractivity contribution in [1.29, 1.82) is 0 Å². The van der Waals surface area contributed by atoms with E-state index >= 15 is 0 Å². The number of nitrogens with zero attached hydrogens (tertiary/aromatic N) is 1. The van der Waals surface area contributed by atoms with E-state index in [2.05, 4.69) is 6.07 Å². The van der Waals surface area contributed by atoms with Crippen LogP contribution in [-0.2, 0) is 10.4 Å². The molecule has 4 heteroatoms. The van der Waals surface area contributed by atoms with E-state index in [1.54, 1.807) is 17.0 Å². The molecule has 0 radical (unpaired) electrons. The Bertz CT molecular complexity index is 919. The number of carbonyl (C=O) groups is 2. The number of aliphatic hydroxyl groups is 1. The minimum absolute atomic E-state index is 0.104. The first-order valence-electron chi connectivity index (χ1n) is 9.35. The van der Waals surface area contributed by atoms with Crippen LogP contribution in [0.25, 0.3) is 0 Å². The molecule has 0 saturated carbocycles. The second-order valence-corrected chi connectivity index (χ2v) is 7.88. The van der Waals surface area contributed by atoms with E-state index in [9.17, 15) is 14.7 Å². The van der Waals surface area contributed by atoms with Gasteiger partial charge in [0, 0.05) is 17.2 Å². The zero-order valence-corrected chi connectivity index (χ0v) is 16.9. The Hall–Kier alpha value is -2.46. The Balaban J connectivity index is 2.08. The topological polar surface area (TPSA) is 57.6 Å². The summed E-state index contributed by atoms with van der Waals surface area (Å²) in [5, 5.41) is 11.4. The second kappa shape index (κ2) is 6.61. The van der Waals surface area contributed by atoms with Crippen molar-refractivity contribution >= 4 is 17.4 Å². The second-order valence-electron chi connectivity index (χ2n) is 7.88. The van der Waals surface area contributed by atoms with Gasteiger partial charge in [-0.05, 0) is 69.9 Å². The minimum atomic E-state index is -1.82. The van der Waals surface area contributed by atoms with Gasteiger partial charge in [-0.1, -0.05) is 24.3 Å². The van der Waals surface area contributed by atoms with Crippen molar-refractivity contribution < 1.29 is 14.7 Å². The van der Waals surface area contributed by atoms with Crippen molar-refractivity contribution in [3.63, 3.8) is 0 Å². The van der Waals surface area contributed by atoms with E-state index in [1.807, 2.05) is 53.7 Å². The van der Waals surface area contributed by atoms with Gasteiger partial charge in [-0.25, -0.2) is 0 Å². The van der Waals surface area contributed by atoms with Crippen molar-refractivity contribution in [1.82, 2.24) is 0 Å². The van der Waals surface area contributed by atoms with Crippen molar-refractivity contribution in [3.05, 3.63) is 63.7 Å². The van der Waals surface area contributed by atoms with Crippen LogP contribution in [0.15, 0.2) is 30.3 Å². The highest BCUT2D eigenvalue weighted by molar-refractivity contribution is 6.11. The molecule has 0 aromatic heterocycles. The molecule has 1 N–H and O–H groups in total. The van der Waals surface area contributed by atoms with Crippen LogP contribution in [0.3, 0.4) is 0 Å². The number of fused-ring (bicyclic) bond motifs is 1. The predicted octanol–water partition coefficient (Wildman–Crippen LogP) is 4.14. The van der Waals surface area contributed by atoms with Crippen molar-refractivity contribution in [2.45, 2.75) is 59.6 Å². The van der Waals surface area contributed by atoms with E-state index in [0.29, 0.717) is 16.8 Å². The molecule has 0 bridgehead atoms. The van der Waals surface area contributed by atoms with Gasteiger partial charge in [0.2, 0.25) is 0 Å². The molecule has 3 rings (SSSR count). The van der Waals surface area contributed by atoms with Crippen molar-refractivity contribution in [3.8, 4) is 0 Å². The zero-order chi connectivity index (χ0) is 20.1. The summed E-state index contributed by atoms with van der Waals surface area (Å²) in [5.41, 5.74) is 3.88. The Labute approximate surface area is 160 Å². The van der Waals surface area contributed by atoms with Gasteiger partial charge < -0.3 is 10.0 Å². The van der Waals surface area contributed by atoms with Crippen LogP contribution < -0.4 is 4.90 Å². The smallest absolute Gasteiger partial charge is 0.264 e. The lowest BCUT2D eigenvalue weighted by Crippen LogP contribution is -2.44. The predicted molar refractivity (Wildman–Crippen MR) is 107 cm³/mol. The van der Waals surface area contributed by atoms with Gasteiger partial charge in [-0.15, -0.1) is 0 Å². The first-order chi connectivity index (χ1) is 12.6. The first-order valence-corrected chi connectivity index (χ1v) is 9.35. The van der Waals surface area contributed by atoms with E-state index in [1.165, 1.54) is 0 Å². The first kappa shape index (κ1) is 19.3. The summed E-state index contributed by atoms with van der Waals surface area (Å²) >= 11 is 0. The Morgan fingerprint density at radius 3 is 2.19 bits per heavy atom. The van der Waals surface area contributed by atoms with Gasteiger partial charge in [0.25, 0.3) is 5.91 Å². The number of benzene rings is 2. The zero-order valence-electron chi connectivity index (χ0n) is 16.9. The molecule has 0 saturated heterocycles. The van der Waals surface area contributed by atoms with Crippen LogP contribution in [0.2, 0.25) is 0 Å². The highest BCUT2D eigenvalue weighted by Crippen LogP contribution is 2.44. The highest BCUT2D eigenvalue weighted by Gasteiger charge is 2.51. The number of para-hydroxylation sites is 1. The van der Waals surface area contributed by atoms with Gasteiger partial charge >= 0.3 is 0 Å². The van der Waals surface area contributed by atoms with Gasteiger partial charge in [0.05, 0.1) is 12.1 Å². The minimum Gasteiger partial charge on any atom is -0.375 e. The Kier molecular flexibility index (Phi) is 4.73. The fourth-order valence-corrected chi connectivity index (χ4v) is 4.10. The van der Waals surface area contributed by atoms with Crippen LogP contribution in [0.4, 0.5) is 5.69 Å². The van der Waals surface area contributed by atoms with Crippen molar-refractivity contribution in [2.24, 2.45) is 0 Å². The van der Waals surface area contributed by atoms with Crippen LogP contribution in [0.1, 0.15) is 58.4 Å². The van der Waals surface area contributed by atoms with Crippen LogP contribution >= 0.6 is 0 Å². The molecule has 27 heavy (non-hydrogen) atoms. The molecule has 1 aliphatic heterocycles. The highest BCUT2D eigenvalue weighted by atomic mass is 16.3. The number of Topliss-reactive ketones (excluding diaryl/α,β-unsaturated/α-hetero) is 1.